The first-order valence-corrected chi connectivity index (χ1v) is 6.25. The summed E-state index contributed by atoms with van der Waals surface area (Å²) in [6, 6.07) is 0.181. The van der Waals surface area contributed by atoms with E-state index in [4.69, 9.17) is 0 Å². The molecular formula is C13H21ClN2O. The first-order chi connectivity index (χ1) is 7.77. The molecule has 1 atom stereocenters. The Kier molecular flexibility index (Phi) is 5.80. The molecule has 2 rings (SSSR count). The average molecular weight is 257 g/mol. The summed E-state index contributed by atoms with van der Waals surface area (Å²) < 4.78 is 0. The Balaban J connectivity index is 0.00000144. The zero-order valence-corrected chi connectivity index (χ0v) is 11.3. The summed E-state index contributed by atoms with van der Waals surface area (Å²) in [7, 11) is 0. The number of halogens is 1. The Hall–Kier alpha value is -0.720. The lowest BCUT2D eigenvalue weighted by molar-refractivity contribution is -0.128. The van der Waals surface area contributed by atoms with Crippen molar-refractivity contribution in [2.45, 2.75) is 38.6 Å². The van der Waals surface area contributed by atoms with E-state index in [0.29, 0.717) is 0 Å². The summed E-state index contributed by atoms with van der Waals surface area (Å²) >= 11 is 0. The maximum Gasteiger partial charge on any atom is 0.220 e. The van der Waals surface area contributed by atoms with Crippen LogP contribution in [0.5, 0.6) is 0 Å². The molecule has 0 radical (unpaired) electrons. The van der Waals surface area contributed by atoms with Crippen LogP contribution in [-0.4, -0.2) is 47.9 Å². The van der Waals surface area contributed by atoms with Gasteiger partial charge in [-0.05, 0) is 38.8 Å². The Morgan fingerprint density at radius 3 is 2.59 bits per heavy atom. The van der Waals surface area contributed by atoms with E-state index >= 15 is 0 Å². The molecule has 3 nitrogen and oxygen atoms in total. The monoisotopic (exact) mass is 256 g/mol. The van der Waals surface area contributed by atoms with Crippen LogP contribution in [0.4, 0.5) is 0 Å². The molecule has 0 aromatic carbocycles. The maximum absolute atomic E-state index is 11.3. The molecule has 2 heterocycles. The molecule has 0 aromatic heterocycles. The molecule has 0 spiro atoms. The van der Waals surface area contributed by atoms with Gasteiger partial charge in [-0.15, -0.1) is 12.4 Å². The van der Waals surface area contributed by atoms with Gasteiger partial charge in [0.05, 0.1) is 12.6 Å². The highest BCUT2D eigenvalue weighted by molar-refractivity contribution is 5.85. The van der Waals surface area contributed by atoms with Crippen LogP contribution < -0.4 is 0 Å². The molecule has 1 amide bonds. The summed E-state index contributed by atoms with van der Waals surface area (Å²) in [5.41, 5.74) is 0. The summed E-state index contributed by atoms with van der Waals surface area (Å²) in [5, 5.41) is 0. The Morgan fingerprint density at radius 1 is 1.24 bits per heavy atom. The number of nitrogens with zero attached hydrogens (tertiary/aromatic N) is 2. The summed E-state index contributed by atoms with van der Waals surface area (Å²) in [6.07, 6.45) is 4.77. The lowest BCUT2D eigenvalue weighted by atomic mass is 10.2. The van der Waals surface area contributed by atoms with Gasteiger partial charge < -0.3 is 4.90 Å². The molecule has 2 aliphatic heterocycles. The zero-order valence-electron chi connectivity index (χ0n) is 10.4. The molecule has 2 aliphatic rings. The van der Waals surface area contributed by atoms with Gasteiger partial charge in [-0.3, -0.25) is 9.69 Å². The molecule has 0 unspecified atom stereocenters. The Morgan fingerprint density at radius 2 is 1.94 bits per heavy atom. The minimum Gasteiger partial charge on any atom is -0.329 e. The smallest absolute Gasteiger partial charge is 0.220 e. The second kappa shape index (κ2) is 6.88. The summed E-state index contributed by atoms with van der Waals surface area (Å²) in [6.45, 7) is 5.78. The average Bonchev–Trinajstić information content (AvgIpc) is 2.87. The quantitative estimate of drug-likeness (QED) is 0.664. The van der Waals surface area contributed by atoms with E-state index in [1.54, 1.807) is 6.92 Å². The fourth-order valence-electron chi connectivity index (χ4n) is 2.51. The van der Waals surface area contributed by atoms with E-state index in [1.807, 2.05) is 4.90 Å². The zero-order chi connectivity index (χ0) is 11.4. The van der Waals surface area contributed by atoms with Crippen molar-refractivity contribution in [1.82, 2.24) is 9.80 Å². The molecule has 4 heteroatoms. The van der Waals surface area contributed by atoms with Crippen LogP contribution >= 0.6 is 12.4 Å². The summed E-state index contributed by atoms with van der Waals surface area (Å²) in [4.78, 5) is 15.6. The van der Waals surface area contributed by atoms with Crippen LogP contribution in [0.1, 0.15) is 32.6 Å². The normalized spacial score (nSPS) is 24.1. The first kappa shape index (κ1) is 14.3. The number of hydrogen-bond donors (Lipinski definition) is 0. The molecule has 0 bridgehead atoms. The van der Waals surface area contributed by atoms with Crippen molar-refractivity contribution in [3.63, 3.8) is 0 Å². The van der Waals surface area contributed by atoms with Crippen molar-refractivity contribution in [1.29, 1.82) is 0 Å². The summed E-state index contributed by atoms with van der Waals surface area (Å²) in [5.74, 6) is 6.65. The van der Waals surface area contributed by atoms with E-state index in [9.17, 15) is 4.79 Å². The van der Waals surface area contributed by atoms with Crippen molar-refractivity contribution in [3.05, 3.63) is 0 Å². The SMILES string of the molecule is CC(=O)N1CCC[C@H]1C#CCN1CCCC1.Cl. The number of hydrogen-bond acceptors (Lipinski definition) is 2. The molecular weight excluding hydrogens is 236 g/mol. The number of likely N-dealkylation sites (tertiary alicyclic amines) is 2. The largest absolute Gasteiger partial charge is 0.329 e. The van der Waals surface area contributed by atoms with Gasteiger partial charge in [0.1, 0.15) is 0 Å². The molecule has 0 aromatic rings. The Labute approximate surface area is 110 Å². The van der Waals surface area contributed by atoms with Crippen molar-refractivity contribution >= 4 is 18.3 Å². The molecule has 0 saturated carbocycles. The number of rotatable bonds is 1. The lowest BCUT2D eigenvalue weighted by Gasteiger charge is -2.18. The highest BCUT2D eigenvalue weighted by Gasteiger charge is 2.24. The molecule has 2 fully saturated rings. The predicted molar refractivity (Wildman–Crippen MR) is 71.1 cm³/mol. The highest BCUT2D eigenvalue weighted by Crippen LogP contribution is 2.16. The van der Waals surface area contributed by atoms with Crippen LogP contribution in [0.2, 0.25) is 0 Å². The second-order valence-corrected chi connectivity index (χ2v) is 4.67. The van der Waals surface area contributed by atoms with Gasteiger partial charge in [-0.2, -0.15) is 0 Å². The minimum absolute atomic E-state index is 0. The molecule has 0 aliphatic carbocycles. The third-order valence-corrected chi connectivity index (χ3v) is 3.43. The van der Waals surface area contributed by atoms with E-state index < -0.39 is 0 Å². The number of amides is 1. The lowest BCUT2D eigenvalue weighted by Crippen LogP contribution is -2.32. The number of carbonyl (C=O) groups excluding carboxylic acids is 1. The third kappa shape index (κ3) is 3.90. The van der Waals surface area contributed by atoms with Crippen molar-refractivity contribution in [2.24, 2.45) is 0 Å². The topological polar surface area (TPSA) is 23.6 Å². The standard InChI is InChI=1S/C13H20N2O.ClH/c1-12(16)15-11-5-7-13(15)6-4-10-14-8-2-3-9-14;/h13H,2-3,5,7-11H2,1H3;1H/t13-;/m1./s1. The molecule has 96 valence electrons. The third-order valence-electron chi connectivity index (χ3n) is 3.43. The van der Waals surface area contributed by atoms with Crippen molar-refractivity contribution in [2.75, 3.05) is 26.2 Å². The van der Waals surface area contributed by atoms with E-state index in [2.05, 4.69) is 16.7 Å². The predicted octanol–water partition coefficient (Wildman–Crippen LogP) is 1.52. The van der Waals surface area contributed by atoms with Gasteiger partial charge in [0.15, 0.2) is 0 Å². The molecule has 2 saturated heterocycles. The van der Waals surface area contributed by atoms with Crippen molar-refractivity contribution < 1.29 is 4.79 Å². The molecule has 0 N–H and O–H groups in total. The van der Waals surface area contributed by atoms with Crippen molar-refractivity contribution in [3.8, 4) is 11.8 Å². The van der Waals surface area contributed by atoms with Crippen LogP contribution in [-0.2, 0) is 4.79 Å². The van der Waals surface area contributed by atoms with E-state index in [1.165, 1.54) is 25.9 Å². The fourth-order valence-corrected chi connectivity index (χ4v) is 2.51. The highest BCUT2D eigenvalue weighted by atomic mass is 35.5. The van der Waals surface area contributed by atoms with Gasteiger partial charge in [0, 0.05) is 13.5 Å². The second-order valence-electron chi connectivity index (χ2n) is 4.67. The Bertz CT molecular complexity index is 315. The molecule has 17 heavy (non-hydrogen) atoms. The van der Waals surface area contributed by atoms with Gasteiger partial charge in [0.2, 0.25) is 5.91 Å². The van der Waals surface area contributed by atoms with Crippen LogP contribution in [0.25, 0.3) is 0 Å². The minimum atomic E-state index is 0. The van der Waals surface area contributed by atoms with Gasteiger partial charge in [-0.1, -0.05) is 11.8 Å². The van der Waals surface area contributed by atoms with Gasteiger partial charge in [0.25, 0.3) is 0 Å². The first-order valence-electron chi connectivity index (χ1n) is 6.25. The maximum atomic E-state index is 11.3. The van der Waals surface area contributed by atoms with Crippen LogP contribution in [0.15, 0.2) is 0 Å². The van der Waals surface area contributed by atoms with Gasteiger partial charge >= 0.3 is 0 Å². The van der Waals surface area contributed by atoms with Gasteiger partial charge in [-0.25, -0.2) is 0 Å². The van der Waals surface area contributed by atoms with Crippen LogP contribution in [0.3, 0.4) is 0 Å². The van der Waals surface area contributed by atoms with E-state index in [0.717, 1.165) is 25.9 Å². The number of carbonyl (C=O) groups is 1. The van der Waals surface area contributed by atoms with Crippen LogP contribution in [0, 0.1) is 11.8 Å². The van der Waals surface area contributed by atoms with E-state index in [-0.39, 0.29) is 24.4 Å². The fraction of sp³-hybridized carbons (Fsp3) is 0.769.